The Labute approximate surface area is 136 Å². The first-order chi connectivity index (χ1) is 8.27. The van der Waals surface area contributed by atoms with Gasteiger partial charge in [0, 0.05) is 5.02 Å². The van der Waals surface area contributed by atoms with Gasteiger partial charge in [0.2, 0.25) is 0 Å². The molecular weight excluding hydrogens is 430 g/mol. The van der Waals surface area contributed by atoms with Gasteiger partial charge in [0.25, 0.3) is 3.91 Å². The third kappa shape index (κ3) is 4.17. The van der Waals surface area contributed by atoms with Crippen LogP contribution in [0.1, 0.15) is 5.56 Å². The van der Waals surface area contributed by atoms with Gasteiger partial charge in [-0.1, -0.05) is 50.7 Å². The Hall–Kier alpha value is 0.320. The SMILES string of the molecule is Cc1cc(Cl)cc(Cl)c1N=NC(Cl)(Br)C(=O)CBr. The molecule has 0 bridgehead atoms. The van der Waals surface area contributed by atoms with Gasteiger partial charge in [-0.25, -0.2) is 0 Å². The number of hydrogen-bond acceptors (Lipinski definition) is 3. The van der Waals surface area contributed by atoms with Crippen molar-refractivity contribution in [3.8, 4) is 0 Å². The van der Waals surface area contributed by atoms with Gasteiger partial charge in [0.15, 0.2) is 5.78 Å². The van der Waals surface area contributed by atoms with Crippen molar-refractivity contribution >= 4 is 78.1 Å². The number of halogens is 5. The van der Waals surface area contributed by atoms with Crippen LogP contribution in [0.2, 0.25) is 10.0 Å². The molecule has 0 aliphatic heterocycles. The quantitative estimate of drug-likeness (QED) is 0.342. The van der Waals surface area contributed by atoms with Crippen LogP contribution >= 0.6 is 66.7 Å². The van der Waals surface area contributed by atoms with Crippen LogP contribution in [0.15, 0.2) is 22.4 Å². The molecule has 1 aromatic rings. The van der Waals surface area contributed by atoms with Crippen LogP contribution in [-0.4, -0.2) is 15.0 Å². The van der Waals surface area contributed by atoms with Crippen LogP contribution in [0.4, 0.5) is 5.69 Å². The van der Waals surface area contributed by atoms with Crippen LogP contribution in [0, 0.1) is 6.92 Å². The number of carbonyl (C=O) groups excluding carboxylic acids is 1. The van der Waals surface area contributed by atoms with Gasteiger partial charge in [0.1, 0.15) is 5.69 Å². The molecule has 0 aliphatic carbocycles. The fraction of sp³-hybridized carbons (Fsp3) is 0.300. The largest absolute Gasteiger partial charge is 0.293 e. The molecule has 0 N–H and O–H groups in total. The Balaban J connectivity index is 3.09. The molecule has 18 heavy (non-hydrogen) atoms. The van der Waals surface area contributed by atoms with Crippen LogP contribution in [0.5, 0.6) is 0 Å². The highest BCUT2D eigenvalue weighted by Gasteiger charge is 2.31. The van der Waals surface area contributed by atoms with Gasteiger partial charge >= 0.3 is 0 Å². The summed E-state index contributed by atoms with van der Waals surface area (Å²) in [5.74, 6) is -0.365. The van der Waals surface area contributed by atoms with Gasteiger partial charge in [-0.2, -0.15) is 5.11 Å². The molecular formula is C10H7Br2Cl3N2O. The fourth-order valence-corrected chi connectivity index (χ4v) is 2.97. The second-order valence-electron chi connectivity index (χ2n) is 3.35. The zero-order chi connectivity index (χ0) is 13.9. The summed E-state index contributed by atoms with van der Waals surface area (Å²) in [5, 5.41) is 8.56. The van der Waals surface area contributed by atoms with Gasteiger partial charge < -0.3 is 0 Å². The summed E-state index contributed by atoms with van der Waals surface area (Å²) in [4.78, 5) is 11.4. The predicted molar refractivity (Wildman–Crippen MR) is 82.0 cm³/mol. The van der Waals surface area contributed by atoms with Crippen LogP contribution in [0.3, 0.4) is 0 Å². The summed E-state index contributed by atoms with van der Waals surface area (Å²) in [6, 6.07) is 3.24. The van der Waals surface area contributed by atoms with E-state index in [9.17, 15) is 4.79 Å². The van der Waals surface area contributed by atoms with E-state index in [0.717, 1.165) is 5.56 Å². The van der Waals surface area contributed by atoms with Crippen molar-refractivity contribution in [1.82, 2.24) is 0 Å². The molecule has 0 saturated heterocycles. The van der Waals surface area contributed by atoms with E-state index < -0.39 is 3.91 Å². The average Bonchev–Trinajstić information content (AvgIpc) is 2.26. The number of azo groups is 1. The molecule has 1 aromatic carbocycles. The van der Waals surface area contributed by atoms with E-state index in [0.29, 0.717) is 15.7 Å². The van der Waals surface area contributed by atoms with Gasteiger partial charge in [0.05, 0.1) is 10.4 Å². The first-order valence-electron chi connectivity index (χ1n) is 4.63. The Morgan fingerprint density at radius 2 is 2.06 bits per heavy atom. The molecule has 3 nitrogen and oxygen atoms in total. The Morgan fingerprint density at radius 1 is 1.44 bits per heavy atom. The molecule has 0 fully saturated rings. The van der Waals surface area contributed by atoms with E-state index in [-0.39, 0.29) is 11.1 Å². The normalized spacial score (nSPS) is 14.8. The van der Waals surface area contributed by atoms with Crippen molar-refractivity contribution in [3.05, 3.63) is 27.7 Å². The molecule has 0 saturated carbocycles. The number of carbonyl (C=O) groups is 1. The van der Waals surface area contributed by atoms with Crippen molar-refractivity contribution in [2.24, 2.45) is 10.2 Å². The van der Waals surface area contributed by atoms with E-state index in [2.05, 4.69) is 42.1 Å². The van der Waals surface area contributed by atoms with Crippen LogP contribution < -0.4 is 0 Å². The summed E-state index contributed by atoms with van der Waals surface area (Å²) in [6.07, 6.45) is 0. The molecule has 0 radical (unpaired) electrons. The third-order valence-corrected chi connectivity index (χ3v) is 3.85. The number of ketones is 1. The molecule has 0 aromatic heterocycles. The summed E-state index contributed by atoms with van der Waals surface area (Å²) < 4.78 is -1.59. The van der Waals surface area contributed by atoms with Crippen molar-refractivity contribution in [1.29, 1.82) is 0 Å². The minimum atomic E-state index is -1.59. The highest BCUT2D eigenvalue weighted by atomic mass is 79.9. The summed E-state index contributed by atoms with van der Waals surface area (Å²) in [5.41, 5.74) is 1.16. The highest BCUT2D eigenvalue weighted by molar-refractivity contribution is 9.11. The molecule has 0 spiro atoms. The number of nitrogens with zero attached hydrogens (tertiary/aromatic N) is 2. The molecule has 1 unspecified atom stereocenters. The zero-order valence-corrected chi connectivity index (χ0v) is 14.5. The molecule has 98 valence electrons. The lowest BCUT2D eigenvalue weighted by Gasteiger charge is -2.10. The Kier molecular flexibility index (Phi) is 6.06. The Morgan fingerprint density at radius 3 is 2.56 bits per heavy atom. The minimum Gasteiger partial charge on any atom is -0.293 e. The predicted octanol–water partition coefficient (Wildman–Crippen LogP) is 5.64. The molecule has 0 heterocycles. The molecule has 1 rings (SSSR count). The molecule has 8 heteroatoms. The standard InChI is InChI=1S/C10H7Br2Cl3N2O/c1-5-2-6(13)3-7(14)9(5)16-17-10(12,15)8(18)4-11/h2-3H,4H2,1H3. The maximum Gasteiger partial charge on any atom is 0.267 e. The van der Waals surface area contributed by atoms with E-state index in [1.165, 1.54) is 0 Å². The maximum atomic E-state index is 11.4. The van der Waals surface area contributed by atoms with Crippen molar-refractivity contribution in [2.45, 2.75) is 10.8 Å². The van der Waals surface area contributed by atoms with E-state index in [4.69, 9.17) is 34.8 Å². The summed E-state index contributed by atoms with van der Waals surface area (Å²) in [6.45, 7) is 1.78. The minimum absolute atomic E-state index is 0.0636. The van der Waals surface area contributed by atoms with Crippen molar-refractivity contribution < 1.29 is 4.79 Å². The second-order valence-corrected chi connectivity index (χ2v) is 6.91. The lowest BCUT2D eigenvalue weighted by molar-refractivity contribution is -0.116. The van der Waals surface area contributed by atoms with Gasteiger partial charge in [-0.3, -0.25) is 4.79 Å². The van der Waals surface area contributed by atoms with E-state index in [1.54, 1.807) is 19.1 Å². The lowest BCUT2D eigenvalue weighted by Crippen LogP contribution is -2.23. The van der Waals surface area contributed by atoms with Gasteiger partial charge in [-0.05, 0) is 40.5 Å². The number of alkyl halides is 3. The lowest BCUT2D eigenvalue weighted by atomic mass is 10.2. The molecule has 0 amide bonds. The third-order valence-electron chi connectivity index (χ3n) is 1.95. The number of benzene rings is 1. The maximum absolute atomic E-state index is 11.4. The summed E-state index contributed by atoms with van der Waals surface area (Å²) in [7, 11) is 0. The number of aryl methyl sites for hydroxylation is 1. The topological polar surface area (TPSA) is 41.8 Å². The van der Waals surface area contributed by atoms with Crippen molar-refractivity contribution in [2.75, 3.05) is 5.33 Å². The molecule has 0 aliphatic rings. The van der Waals surface area contributed by atoms with Gasteiger partial charge in [-0.15, -0.1) is 5.11 Å². The Bertz CT molecular complexity index is 483. The monoisotopic (exact) mass is 434 g/mol. The number of Topliss-reactive ketones (excluding diaryl/α,β-unsaturated/α-hetero) is 1. The first kappa shape index (κ1) is 16.4. The van der Waals surface area contributed by atoms with Crippen LogP contribution in [-0.2, 0) is 4.79 Å². The summed E-state index contributed by atoms with van der Waals surface area (Å²) >= 11 is 23.7. The van der Waals surface area contributed by atoms with Crippen LogP contribution in [0.25, 0.3) is 0 Å². The first-order valence-corrected chi connectivity index (χ1v) is 7.68. The molecule has 1 atom stereocenters. The fourth-order valence-electron chi connectivity index (χ4n) is 1.07. The van der Waals surface area contributed by atoms with E-state index in [1.807, 2.05) is 0 Å². The van der Waals surface area contributed by atoms with E-state index >= 15 is 0 Å². The number of hydrogen-bond donors (Lipinski definition) is 0. The van der Waals surface area contributed by atoms with Crippen molar-refractivity contribution in [3.63, 3.8) is 0 Å². The average molecular weight is 437 g/mol. The zero-order valence-electron chi connectivity index (χ0n) is 9.05. The number of rotatable bonds is 4. The smallest absolute Gasteiger partial charge is 0.267 e. The highest BCUT2D eigenvalue weighted by Crippen LogP contribution is 2.35. The second kappa shape index (κ2) is 6.66.